The Labute approximate surface area is 198 Å². The molecule has 35 heavy (non-hydrogen) atoms. The molecule has 3 aromatic heterocycles. The van der Waals surface area contributed by atoms with E-state index >= 15 is 0 Å². The molecule has 1 aliphatic heterocycles. The largest absolute Gasteiger partial charge is 0.454 e. The predicted molar refractivity (Wildman–Crippen MR) is 128 cm³/mol. The number of hydrogen-bond acceptors (Lipinski definition) is 7. The first-order valence-corrected chi connectivity index (χ1v) is 10.8. The highest BCUT2D eigenvalue weighted by Gasteiger charge is 2.25. The van der Waals surface area contributed by atoms with Gasteiger partial charge in [0.15, 0.2) is 17.2 Å². The zero-order valence-corrected chi connectivity index (χ0v) is 18.3. The molecule has 9 nitrogen and oxygen atoms in total. The van der Waals surface area contributed by atoms with Crippen molar-refractivity contribution in [3.63, 3.8) is 0 Å². The molecule has 6 rings (SSSR count). The smallest absolute Gasteiger partial charge is 0.253 e. The first-order chi connectivity index (χ1) is 17.0. The number of nitrogens with one attached hydrogen (secondary N) is 1. The summed E-state index contributed by atoms with van der Waals surface area (Å²) < 4.78 is 22.2. The van der Waals surface area contributed by atoms with Crippen LogP contribution in [-0.4, -0.2) is 37.0 Å². The molecule has 0 aliphatic carbocycles. The fourth-order valence-corrected chi connectivity index (χ4v) is 3.99. The van der Waals surface area contributed by atoms with Crippen molar-refractivity contribution >= 4 is 39.6 Å². The van der Waals surface area contributed by atoms with E-state index in [1.807, 2.05) is 18.2 Å². The molecule has 1 aliphatic rings. The van der Waals surface area contributed by atoms with Crippen molar-refractivity contribution in [2.24, 2.45) is 0 Å². The number of ether oxygens (including phenoxy) is 1. The number of nitrogens with zero attached hydrogens (tertiary/aromatic N) is 6. The van der Waals surface area contributed by atoms with E-state index in [9.17, 15) is 9.18 Å². The molecule has 0 atom stereocenters. The molecular weight excluding hydrogens is 449 g/mol. The van der Waals surface area contributed by atoms with Gasteiger partial charge in [-0.25, -0.2) is 23.9 Å². The summed E-state index contributed by atoms with van der Waals surface area (Å²) >= 11 is 0. The van der Waals surface area contributed by atoms with Crippen LogP contribution in [0.4, 0.5) is 21.6 Å². The van der Waals surface area contributed by atoms with Crippen LogP contribution >= 0.6 is 0 Å². The monoisotopic (exact) mass is 467 g/mol. The first kappa shape index (κ1) is 20.7. The minimum Gasteiger partial charge on any atom is -0.454 e. The van der Waals surface area contributed by atoms with Crippen molar-refractivity contribution < 1.29 is 13.9 Å². The number of anilines is 3. The van der Waals surface area contributed by atoms with E-state index in [4.69, 9.17) is 4.74 Å². The Hall–Kier alpha value is -4.86. The standard InChI is InChI=1S/C25H18FN7O2/c1-15-6-8-32(25(15)34)17-3-4-21-19(11-17)24(29-13-27-21)31-16-2-5-22(20(26)10-16)35-18-7-9-33-23(12-18)28-14-30-33/h2-5,7,9-14H,1,6,8H2,(H,27,29,31). The van der Waals surface area contributed by atoms with Gasteiger partial charge in [-0.2, -0.15) is 5.10 Å². The molecule has 1 amide bonds. The fraction of sp³-hybridized carbons (Fsp3) is 0.0800. The zero-order valence-electron chi connectivity index (χ0n) is 18.3. The summed E-state index contributed by atoms with van der Waals surface area (Å²) in [6.45, 7) is 4.40. The Bertz CT molecular complexity index is 1630. The number of aromatic nitrogens is 5. The zero-order chi connectivity index (χ0) is 23.9. The average Bonchev–Trinajstić information content (AvgIpc) is 3.47. The summed E-state index contributed by atoms with van der Waals surface area (Å²) in [5.74, 6) is 0.376. The van der Waals surface area contributed by atoms with Crippen LogP contribution in [0.1, 0.15) is 6.42 Å². The van der Waals surface area contributed by atoms with Gasteiger partial charge >= 0.3 is 0 Å². The lowest BCUT2D eigenvalue weighted by atomic mass is 10.2. The first-order valence-electron chi connectivity index (χ1n) is 10.8. The third-order valence-corrected chi connectivity index (χ3v) is 5.79. The molecule has 5 aromatic rings. The molecule has 0 bridgehead atoms. The van der Waals surface area contributed by atoms with Crippen molar-refractivity contribution in [1.82, 2.24) is 24.6 Å². The van der Waals surface area contributed by atoms with E-state index in [-0.39, 0.29) is 11.7 Å². The van der Waals surface area contributed by atoms with Crippen molar-refractivity contribution in [3.8, 4) is 11.5 Å². The number of fused-ring (bicyclic) bond motifs is 2. The van der Waals surface area contributed by atoms with Crippen molar-refractivity contribution in [1.29, 1.82) is 0 Å². The highest BCUT2D eigenvalue weighted by Crippen LogP contribution is 2.32. The Kier molecular flexibility index (Phi) is 4.84. The van der Waals surface area contributed by atoms with Crippen molar-refractivity contribution in [3.05, 3.63) is 85.4 Å². The molecule has 0 unspecified atom stereocenters. The predicted octanol–water partition coefficient (Wildman–Crippen LogP) is 4.64. The third kappa shape index (κ3) is 3.80. The number of amides is 1. The molecule has 1 saturated heterocycles. The molecule has 172 valence electrons. The molecule has 2 aromatic carbocycles. The fourth-order valence-electron chi connectivity index (χ4n) is 3.99. The maximum atomic E-state index is 14.9. The number of benzene rings is 2. The minimum absolute atomic E-state index is 0.0713. The molecule has 4 heterocycles. The molecular formula is C25H18FN7O2. The highest BCUT2D eigenvalue weighted by molar-refractivity contribution is 6.08. The van der Waals surface area contributed by atoms with Crippen molar-refractivity contribution in [2.75, 3.05) is 16.8 Å². The Morgan fingerprint density at radius 1 is 1.03 bits per heavy atom. The van der Waals surface area contributed by atoms with Crippen LogP contribution in [0.25, 0.3) is 16.6 Å². The number of carbonyl (C=O) groups is 1. The van der Waals surface area contributed by atoms with Gasteiger partial charge in [0.2, 0.25) is 0 Å². The second kappa shape index (κ2) is 8.17. The van der Waals surface area contributed by atoms with Crippen LogP contribution < -0.4 is 15.0 Å². The van der Waals surface area contributed by atoms with Crippen LogP contribution in [0.5, 0.6) is 11.5 Å². The summed E-state index contributed by atoms with van der Waals surface area (Å²) in [5.41, 5.74) is 3.10. The SMILES string of the molecule is C=C1CCN(c2ccc3ncnc(Nc4ccc(Oc5ccn6ncnc6c5)c(F)c4)c3c2)C1=O. The van der Waals surface area contributed by atoms with E-state index < -0.39 is 5.82 Å². The molecule has 1 fully saturated rings. The number of hydrogen-bond donors (Lipinski definition) is 1. The number of halogens is 1. The second-order valence-electron chi connectivity index (χ2n) is 8.03. The van der Waals surface area contributed by atoms with E-state index in [2.05, 4.69) is 31.9 Å². The van der Waals surface area contributed by atoms with E-state index in [0.29, 0.717) is 52.3 Å². The lowest BCUT2D eigenvalue weighted by Gasteiger charge is -2.17. The van der Waals surface area contributed by atoms with Crippen LogP contribution in [0.3, 0.4) is 0 Å². The van der Waals surface area contributed by atoms with Gasteiger partial charge in [-0.15, -0.1) is 0 Å². The Morgan fingerprint density at radius 2 is 1.94 bits per heavy atom. The van der Waals surface area contributed by atoms with Gasteiger partial charge in [0.25, 0.3) is 5.91 Å². The van der Waals surface area contributed by atoms with Gasteiger partial charge in [-0.1, -0.05) is 6.58 Å². The third-order valence-electron chi connectivity index (χ3n) is 5.79. The summed E-state index contributed by atoms with van der Waals surface area (Å²) in [5, 5.41) is 7.88. The number of pyridine rings is 1. The normalized spacial score (nSPS) is 13.7. The molecule has 0 saturated carbocycles. The Morgan fingerprint density at radius 3 is 2.77 bits per heavy atom. The topological polar surface area (TPSA) is 97.5 Å². The maximum absolute atomic E-state index is 14.9. The molecule has 0 spiro atoms. The van der Waals surface area contributed by atoms with Gasteiger partial charge in [0.1, 0.15) is 24.2 Å². The lowest BCUT2D eigenvalue weighted by molar-refractivity contribution is -0.114. The van der Waals surface area contributed by atoms with Crippen LogP contribution in [-0.2, 0) is 4.79 Å². The second-order valence-corrected chi connectivity index (χ2v) is 8.03. The van der Waals surface area contributed by atoms with Crippen LogP contribution in [0, 0.1) is 5.82 Å². The summed E-state index contributed by atoms with van der Waals surface area (Å²) in [6, 6.07) is 13.4. The molecule has 10 heteroatoms. The number of rotatable bonds is 5. The van der Waals surface area contributed by atoms with Gasteiger partial charge in [0, 0.05) is 47.2 Å². The molecule has 1 N–H and O–H groups in total. The summed E-state index contributed by atoms with van der Waals surface area (Å²) in [4.78, 5) is 26.8. The van der Waals surface area contributed by atoms with Crippen molar-refractivity contribution in [2.45, 2.75) is 6.42 Å². The average molecular weight is 467 g/mol. The van der Waals surface area contributed by atoms with E-state index in [1.54, 1.807) is 33.8 Å². The highest BCUT2D eigenvalue weighted by atomic mass is 19.1. The lowest BCUT2D eigenvalue weighted by Crippen LogP contribution is -2.24. The van der Waals surface area contributed by atoms with Gasteiger partial charge in [-0.3, -0.25) is 4.79 Å². The summed E-state index contributed by atoms with van der Waals surface area (Å²) in [7, 11) is 0. The Balaban J connectivity index is 1.27. The minimum atomic E-state index is -0.545. The van der Waals surface area contributed by atoms with E-state index in [1.165, 1.54) is 24.8 Å². The number of carbonyl (C=O) groups excluding carboxylic acids is 1. The quantitative estimate of drug-likeness (QED) is 0.376. The van der Waals surface area contributed by atoms with E-state index in [0.717, 1.165) is 5.69 Å². The molecule has 0 radical (unpaired) electrons. The van der Waals surface area contributed by atoms with Crippen LogP contribution in [0.15, 0.2) is 79.5 Å². The van der Waals surface area contributed by atoms with Gasteiger partial charge in [0.05, 0.1) is 5.52 Å². The maximum Gasteiger partial charge on any atom is 0.253 e. The van der Waals surface area contributed by atoms with Gasteiger partial charge in [-0.05, 0) is 42.8 Å². The summed E-state index contributed by atoms with van der Waals surface area (Å²) in [6.07, 6.45) is 5.18. The van der Waals surface area contributed by atoms with Crippen LogP contribution in [0.2, 0.25) is 0 Å². The van der Waals surface area contributed by atoms with Gasteiger partial charge < -0.3 is 15.0 Å².